The molecular formula is C21H20N2O4. The lowest BCUT2D eigenvalue weighted by Gasteiger charge is -2.12. The van der Waals surface area contributed by atoms with Gasteiger partial charge in [0.1, 0.15) is 11.5 Å². The van der Waals surface area contributed by atoms with E-state index in [1.807, 2.05) is 13.0 Å². The number of hydrogen-bond acceptors (Lipinski definition) is 4. The molecule has 6 heteroatoms. The Hall–Kier alpha value is -3.54. The fraction of sp³-hybridized carbons (Fsp3) is 0.143. The monoisotopic (exact) mass is 364 g/mol. The van der Waals surface area contributed by atoms with E-state index in [0.717, 1.165) is 5.39 Å². The summed E-state index contributed by atoms with van der Waals surface area (Å²) in [4.78, 5) is 24.5. The first-order valence-corrected chi connectivity index (χ1v) is 8.55. The Labute approximate surface area is 156 Å². The molecule has 2 amide bonds. The number of fused-ring (bicyclic) bond motifs is 1. The number of phenols is 1. The van der Waals surface area contributed by atoms with Crippen LogP contribution in [0.4, 0.5) is 5.69 Å². The third-order valence-electron chi connectivity index (χ3n) is 4.12. The van der Waals surface area contributed by atoms with Crippen molar-refractivity contribution in [2.45, 2.75) is 6.92 Å². The molecular weight excluding hydrogens is 344 g/mol. The van der Waals surface area contributed by atoms with E-state index < -0.39 is 5.91 Å². The predicted octanol–water partition coefficient (Wildman–Crippen LogP) is 3.56. The van der Waals surface area contributed by atoms with Crippen LogP contribution >= 0.6 is 0 Å². The number of hydrogen-bond donors (Lipinski definition) is 3. The van der Waals surface area contributed by atoms with Crippen molar-refractivity contribution in [1.29, 1.82) is 0 Å². The minimum absolute atomic E-state index is 0.114. The first kappa shape index (κ1) is 18.3. The lowest BCUT2D eigenvalue weighted by atomic mass is 10.0. The van der Waals surface area contributed by atoms with E-state index in [-0.39, 0.29) is 17.2 Å². The van der Waals surface area contributed by atoms with Gasteiger partial charge in [0.05, 0.1) is 17.9 Å². The van der Waals surface area contributed by atoms with Crippen LogP contribution in [0.1, 0.15) is 27.6 Å². The van der Waals surface area contributed by atoms with Crippen LogP contribution in [-0.4, -0.2) is 30.6 Å². The van der Waals surface area contributed by atoms with Crippen molar-refractivity contribution in [2.75, 3.05) is 19.0 Å². The highest BCUT2D eigenvalue weighted by molar-refractivity contribution is 6.09. The fourth-order valence-electron chi connectivity index (χ4n) is 2.79. The van der Waals surface area contributed by atoms with Crippen molar-refractivity contribution in [1.82, 2.24) is 5.32 Å². The lowest BCUT2D eigenvalue weighted by Crippen LogP contribution is -2.17. The number of phenolic OH excluding ortho intramolecular Hbond substituents is 1. The van der Waals surface area contributed by atoms with Crippen molar-refractivity contribution >= 4 is 28.3 Å². The average Bonchev–Trinajstić information content (AvgIpc) is 2.68. The number of aromatic hydroxyl groups is 1. The van der Waals surface area contributed by atoms with E-state index in [1.54, 1.807) is 49.5 Å². The summed E-state index contributed by atoms with van der Waals surface area (Å²) >= 11 is 0. The van der Waals surface area contributed by atoms with Gasteiger partial charge in [0, 0.05) is 12.6 Å². The molecule has 6 nitrogen and oxygen atoms in total. The van der Waals surface area contributed by atoms with Crippen LogP contribution in [0.2, 0.25) is 0 Å². The van der Waals surface area contributed by atoms with Gasteiger partial charge in [-0.25, -0.2) is 0 Å². The molecule has 0 atom stereocenters. The number of amides is 2. The molecule has 0 aliphatic heterocycles. The number of nitrogens with one attached hydrogen (secondary N) is 2. The van der Waals surface area contributed by atoms with Crippen LogP contribution < -0.4 is 15.4 Å². The Morgan fingerprint density at radius 3 is 2.52 bits per heavy atom. The zero-order valence-electron chi connectivity index (χ0n) is 15.1. The fourth-order valence-corrected chi connectivity index (χ4v) is 2.79. The van der Waals surface area contributed by atoms with Crippen molar-refractivity contribution < 1.29 is 19.4 Å². The smallest absolute Gasteiger partial charge is 0.259 e. The number of carbonyl (C=O) groups is 2. The van der Waals surface area contributed by atoms with E-state index in [4.69, 9.17) is 4.74 Å². The molecule has 3 rings (SSSR count). The van der Waals surface area contributed by atoms with Gasteiger partial charge in [-0.1, -0.05) is 18.2 Å². The Kier molecular flexibility index (Phi) is 5.26. The number of rotatable bonds is 5. The largest absolute Gasteiger partial charge is 0.507 e. The van der Waals surface area contributed by atoms with E-state index in [9.17, 15) is 14.7 Å². The third-order valence-corrected chi connectivity index (χ3v) is 4.12. The number of carbonyl (C=O) groups excluding carboxylic acids is 2. The number of anilines is 1. The maximum Gasteiger partial charge on any atom is 0.259 e. The molecule has 0 heterocycles. The zero-order chi connectivity index (χ0) is 19.4. The number of benzene rings is 3. The minimum Gasteiger partial charge on any atom is -0.507 e. The molecule has 0 radical (unpaired) electrons. The van der Waals surface area contributed by atoms with Crippen LogP contribution in [-0.2, 0) is 0 Å². The molecule has 3 aromatic carbocycles. The van der Waals surface area contributed by atoms with E-state index >= 15 is 0 Å². The molecule has 27 heavy (non-hydrogen) atoms. The van der Waals surface area contributed by atoms with Crippen LogP contribution in [0, 0.1) is 0 Å². The minimum atomic E-state index is -0.466. The first-order valence-electron chi connectivity index (χ1n) is 8.55. The summed E-state index contributed by atoms with van der Waals surface area (Å²) in [5.41, 5.74) is 1.11. The number of ether oxygens (including phenoxy) is 1. The molecule has 0 aliphatic carbocycles. The van der Waals surface area contributed by atoms with Crippen LogP contribution in [0.25, 0.3) is 10.8 Å². The van der Waals surface area contributed by atoms with Gasteiger partial charge < -0.3 is 20.5 Å². The SMILES string of the molecule is CCOc1ccccc1NC(=O)c1cc2cc(C(=O)NC)ccc2cc1O. The molecule has 3 aromatic rings. The quantitative estimate of drug-likeness (QED) is 0.646. The van der Waals surface area contributed by atoms with Crippen LogP contribution in [0.5, 0.6) is 11.5 Å². The Bertz CT molecular complexity index is 1010. The molecule has 0 aliphatic rings. The molecule has 0 aromatic heterocycles. The van der Waals surface area contributed by atoms with Crippen LogP contribution in [0.3, 0.4) is 0 Å². The second-order valence-corrected chi connectivity index (χ2v) is 5.89. The Morgan fingerprint density at radius 1 is 1.00 bits per heavy atom. The molecule has 0 unspecified atom stereocenters. The third kappa shape index (κ3) is 3.84. The van der Waals surface area contributed by atoms with Gasteiger partial charge in [0.2, 0.25) is 0 Å². The lowest BCUT2D eigenvalue weighted by molar-refractivity contribution is 0.0962. The van der Waals surface area contributed by atoms with E-state index in [1.165, 1.54) is 6.07 Å². The molecule has 0 spiro atoms. The standard InChI is InChI=1S/C21H20N2O4/c1-3-27-19-7-5-4-6-17(19)23-21(26)16-11-15-10-14(20(25)22-2)9-8-13(15)12-18(16)24/h4-12,24H,3H2,1-2H3,(H,22,25)(H,23,26). The van der Waals surface area contributed by atoms with Crippen molar-refractivity contribution in [2.24, 2.45) is 0 Å². The van der Waals surface area contributed by atoms with Gasteiger partial charge >= 0.3 is 0 Å². The maximum absolute atomic E-state index is 12.7. The topological polar surface area (TPSA) is 87.7 Å². The molecule has 3 N–H and O–H groups in total. The summed E-state index contributed by atoms with van der Waals surface area (Å²) in [6.45, 7) is 2.33. The van der Waals surface area contributed by atoms with E-state index in [0.29, 0.717) is 29.0 Å². The maximum atomic E-state index is 12.7. The zero-order valence-corrected chi connectivity index (χ0v) is 15.1. The predicted molar refractivity (Wildman–Crippen MR) is 105 cm³/mol. The summed E-state index contributed by atoms with van der Waals surface area (Å²) in [5.74, 6) is -0.273. The summed E-state index contributed by atoms with van der Waals surface area (Å²) in [7, 11) is 1.55. The van der Waals surface area contributed by atoms with Crippen molar-refractivity contribution in [3.63, 3.8) is 0 Å². The highest BCUT2D eigenvalue weighted by atomic mass is 16.5. The van der Waals surface area contributed by atoms with Gasteiger partial charge in [0.25, 0.3) is 11.8 Å². The van der Waals surface area contributed by atoms with Crippen molar-refractivity contribution in [3.8, 4) is 11.5 Å². The molecule has 0 saturated carbocycles. The molecule has 0 saturated heterocycles. The normalized spacial score (nSPS) is 10.4. The number of para-hydroxylation sites is 2. The van der Waals surface area contributed by atoms with Gasteiger partial charge in [-0.3, -0.25) is 9.59 Å². The van der Waals surface area contributed by atoms with Gasteiger partial charge in [-0.15, -0.1) is 0 Å². The second kappa shape index (κ2) is 7.78. The summed E-state index contributed by atoms with van der Waals surface area (Å²) < 4.78 is 5.51. The average molecular weight is 364 g/mol. The highest BCUT2D eigenvalue weighted by Crippen LogP contribution is 2.29. The molecule has 138 valence electrons. The van der Waals surface area contributed by atoms with Crippen molar-refractivity contribution in [3.05, 3.63) is 65.7 Å². The highest BCUT2D eigenvalue weighted by Gasteiger charge is 2.15. The van der Waals surface area contributed by atoms with Gasteiger partial charge in [0.15, 0.2) is 0 Å². The summed E-state index contributed by atoms with van der Waals surface area (Å²) in [6, 6.07) is 15.2. The second-order valence-electron chi connectivity index (χ2n) is 5.89. The summed E-state index contributed by atoms with van der Waals surface area (Å²) in [5, 5.41) is 17.0. The van der Waals surface area contributed by atoms with E-state index in [2.05, 4.69) is 10.6 Å². The first-order chi connectivity index (χ1) is 13.0. The van der Waals surface area contributed by atoms with Gasteiger partial charge in [-0.2, -0.15) is 0 Å². The van der Waals surface area contributed by atoms with Crippen LogP contribution in [0.15, 0.2) is 54.6 Å². The Morgan fingerprint density at radius 2 is 1.78 bits per heavy atom. The molecule has 0 bridgehead atoms. The molecule has 0 fully saturated rings. The van der Waals surface area contributed by atoms with Gasteiger partial charge in [-0.05, 0) is 54.1 Å². The Balaban J connectivity index is 1.96. The summed E-state index contributed by atoms with van der Waals surface area (Å²) in [6.07, 6.45) is 0.